The van der Waals surface area contributed by atoms with Gasteiger partial charge in [0.15, 0.2) is 6.10 Å². The SMILES string of the molecule is CC/C=C\C/C=C\C/C=C\C/C=C\C/C=C\CCCCCC(=O)OCC(COC(=O)CCCCC/C=C\C=C/CCCC)OC(=O)CCCCCCCCCCCCCCCCCC. The third-order valence-corrected chi connectivity index (χ3v) is 11.2. The Hall–Kier alpha value is -3.41. The molecule has 0 fully saturated rings. The van der Waals surface area contributed by atoms with Crippen LogP contribution in [0.15, 0.2) is 85.1 Å². The van der Waals surface area contributed by atoms with Crippen molar-refractivity contribution in [1.82, 2.24) is 0 Å². The first-order chi connectivity index (χ1) is 31.5. The lowest BCUT2D eigenvalue weighted by Crippen LogP contribution is -2.30. The first-order valence-electron chi connectivity index (χ1n) is 26.6. The number of hydrogen-bond donors (Lipinski definition) is 0. The Morgan fingerprint density at radius 2 is 0.672 bits per heavy atom. The second-order valence-electron chi connectivity index (χ2n) is 17.4. The van der Waals surface area contributed by atoms with Crippen molar-refractivity contribution < 1.29 is 28.6 Å². The van der Waals surface area contributed by atoms with E-state index in [1.807, 2.05) is 0 Å². The number of carbonyl (C=O) groups excluding carboxylic acids is 3. The van der Waals surface area contributed by atoms with Gasteiger partial charge in [0.1, 0.15) is 13.2 Å². The van der Waals surface area contributed by atoms with Crippen LogP contribution in [0.25, 0.3) is 0 Å². The highest BCUT2D eigenvalue weighted by Crippen LogP contribution is 2.15. The van der Waals surface area contributed by atoms with Gasteiger partial charge in [-0.15, -0.1) is 0 Å². The molecule has 1 unspecified atom stereocenters. The number of carbonyl (C=O) groups is 3. The van der Waals surface area contributed by atoms with Crippen LogP contribution < -0.4 is 0 Å². The lowest BCUT2D eigenvalue weighted by atomic mass is 10.0. The van der Waals surface area contributed by atoms with Crippen LogP contribution in [0.2, 0.25) is 0 Å². The molecule has 0 radical (unpaired) electrons. The maximum absolute atomic E-state index is 12.8. The molecule has 0 bridgehead atoms. The van der Waals surface area contributed by atoms with Gasteiger partial charge in [-0.05, 0) is 83.5 Å². The Morgan fingerprint density at radius 3 is 1.09 bits per heavy atom. The van der Waals surface area contributed by atoms with E-state index >= 15 is 0 Å². The Bertz CT molecular complexity index is 1250. The van der Waals surface area contributed by atoms with E-state index in [0.29, 0.717) is 19.3 Å². The van der Waals surface area contributed by atoms with E-state index < -0.39 is 6.10 Å². The van der Waals surface area contributed by atoms with Gasteiger partial charge in [-0.3, -0.25) is 14.4 Å². The topological polar surface area (TPSA) is 78.9 Å². The molecule has 0 saturated carbocycles. The molecule has 0 spiro atoms. The molecule has 0 aromatic carbocycles. The van der Waals surface area contributed by atoms with Gasteiger partial charge >= 0.3 is 17.9 Å². The van der Waals surface area contributed by atoms with Crippen LogP contribution in [-0.4, -0.2) is 37.2 Å². The third-order valence-electron chi connectivity index (χ3n) is 11.2. The van der Waals surface area contributed by atoms with Crippen molar-refractivity contribution >= 4 is 17.9 Å². The van der Waals surface area contributed by atoms with E-state index in [1.54, 1.807) is 0 Å². The average molecular weight is 891 g/mol. The summed E-state index contributed by atoms with van der Waals surface area (Å²) in [7, 11) is 0. The molecular weight excluding hydrogens is 793 g/mol. The van der Waals surface area contributed by atoms with Crippen molar-refractivity contribution in [3.63, 3.8) is 0 Å². The van der Waals surface area contributed by atoms with Crippen LogP contribution in [0.3, 0.4) is 0 Å². The minimum Gasteiger partial charge on any atom is -0.462 e. The zero-order valence-corrected chi connectivity index (χ0v) is 41.8. The fourth-order valence-electron chi connectivity index (χ4n) is 7.15. The molecule has 0 N–H and O–H groups in total. The molecule has 0 aromatic heterocycles. The van der Waals surface area contributed by atoms with E-state index in [0.717, 1.165) is 109 Å². The van der Waals surface area contributed by atoms with Crippen molar-refractivity contribution in [1.29, 1.82) is 0 Å². The molecule has 0 saturated heterocycles. The number of esters is 3. The molecule has 0 rings (SSSR count). The predicted octanol–water partition coefficient (Wildman–Crippen LogP) is 17.6. The summed E-state index contributed by atoms with van der Waals surface area (Å²) in [6.07, 6.45) is 67.1. The number of rotatable bonds is 47. The highest BCUT2D eigenvalue weighted by Gasteiger charge is 2.19. The van der Waals surface area contributed by atoms with Crippen LogP contribution >= 0.6 is 0 Å². The van der Waals surface area contributed by atoms with Gasteiger partial charge in [-0.1, -0.05) is 228 Å². The van der Waals surface area contributed by atoms with Crippen LogP contribution in [-0.2, 0) is 28.6 Å². The molecule has 0 aliphatic heterocycles. The van der Waals surface area contributed by atoms with Gasteiger partial charge in [0.25, 0.3) is 0 Å². The molecule has 0 amide bonds. The summed E-state index contributed by atoms with van der Waals surface area (Å²) in [4.78, 5) is 38.0. The van der Waals surface area contributed by atoms with E-state index in [1.165, 1.54) is 96.3 Å². The smallest absolute Gasteiger partial charge is 0.306 e. The fourth-order valence-corrected chi connectivity index (χ4v) is 7.15. The summed E-state index contributed by atoms with van der Waals surface area (Å²) in [6, 6.07) is 0. The number of ether oxygens (including phenoxy) is 3. The molecule has 0 aromatic rings. The third kappa shape index (κ3) is 49.6. The summed E-state index contributed by atoms with van der Waals surface area (Å²) in [5, 5.41) is 0. The minimum atomic E-state index is -0.799. The molecule has 64 heavy (non-hydrogen) atoms. The van der Waals surface area contributed by atoms with Crippen LogP contribution in [0.5, 0.6) is 0 Å². The molecular formula is C58H98O6. The summed E-state index contributed by atoms with van der Waals surface area (Å²) in [5.74, 6) is -0.955. The average Bonchev–Trinajstić information content (AvgIpc) is 3.29. The van der Waals surface area contributed by atoms with Gasteiger partial charge in [0.05, 0.1) is 0 Å². The quantitative estimate of drug-likeness (QED) is 0.0199. The van der Waals surface area contributed by atoms with Crippen LogP contribution in [0.4, 0.5) is 0 Å². The molecule has 6 nitrogen and oxygen atoms in total. The highest BCUT2D eigenvalue weighted by atomic mass is 16.6. The lowest BCUT2D eigenvalue weighted by molar-refractivity contribution is -0.167. The van der Waals surface area contributed by atoms with Gasteiger partial charge in [-0.2, -0.15) is 0 Å². The van der Waals surface area contributed by atoms with Crippen molar-refractivity contribution in [3.8, 4) is 0 Å². The lowest BCUT2D eigenvalue weighted by Gasteiger charge is -2.18. The fraction of sp³-hybridized carbons (Fsp3) is 0.707. The summed E-state index contributed by atoms with van der Waals surface area (Å²) < 4.78 is 16.8. The van der Waals surface area contributed by atoms with Gasteiger partial charge in [0, 0.05) is 19.3 Å². The Kier molecular flexibility index (Phi) is 49.4. The molecule has 366 valence electrons. The zero-order chi connectivity index (χ0) is 46.5. The monoisotopic (exact) mass is 891 g/mol. The van der Waals surface area contributed by atoms with Crippen LogP contribution in [0.1, 0.15) is 245 Å². The van der Waals surface area contributed by atoms with Gasteiger partial charge < -0.3 is 14.2 Å². The maximum atomic E-state index is 12.8. The van der Waals surface area contributed by atoms with Crippen molar-refractivity contribution in [2.45, 2.75) is 252 Å². The summed E-state index contributed by atoms with van der Waals surface area (Å²) in [6.45, 7) is 6.42. The molecule has 0 aliphatic carbocycles. The molecule has 6 heteroatoms. The van der Waals surface area contributed by atoms with Crippen molar-refractivity contribution in [3.05, 3.63) is 85.1 Å². The maximum Gasteiger partial charge on any atom is 0.306 e. The molecule has 0 aliphatic rings. The van der Waals surface area contributed by atoms with E-state index in [2.05, 4.69) is 106 Å². The second-order valence-corrected chi connectivity index (χ2v) is 17.4. The van der Waals surface area contributed by atoms with Gasteiger partial charge in [0.2, 0.25) is 0 Å². The van der Waals surface area contributed by atoms with E-state index in [4.69, 9.17) is 14.2 Å². The normalized spacial score (nSPS) is 12.7. The minimum absolute atomic E-state index is 0.100. The number of unbranched alkanes of at least 4 members (excludes halogenated alkanes) is 23. The highest BCUT2D eigenvalue weighted by molar-refractivity contribution is 5.71. The van der Waals surface area contributed by atoms with Crippen molar-refractivity contribution in [2.24, 2.45) is 0 Å². The number of allylic oxidation sites excluding steroid dienone is 14. The first-order valence-corrected chi connectivity index (χ1v) is 26.6. The van der Waals surface area contributed by atoms with E-state index in [-0.39, 0.29) is 31.1 Å². The summed E-state index contributed by atoms with van der Waals surface area (Å²) >= 11 is 0. The largest absolute Gasteiger partial charge is 0.462 e. The second kappa shape index (κ2) is 52.2. The number of hydrogen-bond acceptors (Lipinski definition) is 6. The Morgan fingerprint density at radius 1 is 0.344 bits per heavy atom. The standard InChI is InChI=1S/C58H98O6/c1-4-7-10-13-16-19-22-24-26-28-29-30-32-33-36-39-42-45-48-51-57(60)63-54-55(53-62-56(59)50-47-44-41-38-35-21-18-15-12-9-6-3)64-58(61)52-49-46-43-40-37-34-31-27-25-23-20-17-14-11-8-5-2/h7,10,15-16,18-19,21,24,26,29-30,33,35-36,55H,4-6,8-9,11-14,17,20,22-23,25,27-28,31-32,34,37-54H2,1-3H3/b10-7-,18-15-,19-16-,26-24-,30-29-,35-21-,36-33-. The Labute approximate surface area is 395 Å². The van der Waals surface area contributed by atoms with E-state index in [9.17, 15) is 14.4 Å². The molecule has 0 heterocycles. The summed E-state index contributed by atoms with van der Waals surface area (Å²) in [5.41, 5.74) is 0. The Balaban J connectivity index is 4.43. The first kappa shape index (κ1) is 60.6. The van der Waals surface area contributed by atoms with Crippen LogP contribution in [0, 0.1) is 0 Å². The van der Waals surface area contributed by atoms with Crippen molar-refractivity contribution in [2.75, 3.05) is 13.2 Å². The molecule has 1 atom stereocenters. The zero-order valence-electron chi connectivity index (χ0n) is 41.8. The van der Waals surface area contributed by atoms with Gasteiger partial charge in [-0.25, -0.2) is 0 Å². The predicted molar refractivity (Wildman–Crippen MR) is 274 cm³/mol.